The quantitative estimate of drug-likeness (QED) is 0.840. The highest BCUT2D eigenvalue weighted by molar-refractivity contribution is 5.44. The van der Waals surface area contributed by atoms with Crippen molar-refractivity contribution in [2.75, 3.05) is 20.3 Å². The van der Waals surface area contributed by atoms with Gasteiger partial charge in [0.05, 0.1) is 0 Å². The minimum atomic E-state index is 0.351. The predicted molar refractivity (Wildman–Crippen MR) is 62.2 cm³/mol. The SMILES string of the molecule is CNC1(Cc2ccc3c(c2)OCCO3)CC1. The van der Waals surface area contributed by atoms with E-state index < -0.39 is 0 Å². The molecule has 0 saturated heterocycles. The summed E-state index contributed by atoms with van der Waals surface area (Å²) in [6.07, 6.45) is 3.63. The van der Waals surface area contributed by atoms with Crippen molar-refractivity contribution >= 4 is 0 Å². The fourth-order valence-electron chi connectivity index (χ4n) is 2.25. The standard InChI is InChI=1S/C13H17NO2/c1-14-13(4-5-13)9-10-2-3-11-12(8-10)16-7-6-15-11/h2-3,8,14H,4-7,9H2,1H3. The van der Waals surface area contributed by atoms with E-state index in [4.69, 9.17) is 9.47 Å². The second kappa shape index (κ2) is 3.67. The van der Waals surface area contributed by atoms with E-state index in [1.807, 2.05) is 13.1 Å². The molecule has 1 aliphatic carbocycles. The maximum Gasteiger partial charge on any atom is 0.161 e. The van der Waals surface area contributed by atoms with Crippen molar-refractivity contribution in [1.29, 1.82) is 0 Å². The van der Waals surface area contributed by atoms with Gasteiger partial charge in [-0.3, -0.25) is 0 Å². The molecule has 0 amide bonds. The molecule has 0 aromatic heterocycles. The van der Waals surface area contributed by atoms with Crippen molar-refractivity contribution in [3.63, 3.8) is 0 Å². The highest BCUT2D eigenvalue weighted by Gasteiger charge is 2.40. The monoisotopic (exact) mass is 219 g/mol. The number of benzene rings is 1. The number of likely N-dealkylation sites (N-methyl/N-ethyl adjacent to an activating group) is 1. The van der Waals surface area contributed by atoms with E-state index in [0.29, 0.717) is 18.8 Å². The number of hydrogen-bond donors (Lipinski definition) is 1. The van der Waals surface area contributed by atoms with Crippen LogP contribution < -0.4 is 14.8 Å². The summed E-state index contributed by atoms with van der Waals surface area (Å²) in [7, 11) is 2.05. The third-order valence-electron chi connectivity index (χ3n) is 3.53. The molecular formula is C13H17NO2. The zero-order chi connectivity index (χ0) is 11.0. The van der Waals surface area contributed by atoms with Crippen LogP contribution in [0.2, 0.25) is 0 Å². The number of ether oxygens (including phenoxy) is 2. The molecule has 1 heterocycles. The second-order valence-electron chi connectivity index (χ2n) is 4.69. The lowest BCUT2D eigenvalue weighted by atomic mass is 10.0. The highest BCUT2D eigenvalue weighted by Crippen LogP contribution is 2.40. The number of fused-ring (bicyclic) bond motifs is 1. The van der Waals surface area contributed by atoms with Crippen molar-refractivity contribution in [1.82, 2.24) is 5.32 Å². The van der Waals surface area contributed by atoms with E-state index in [-0.39, 0.29) is 0 Å². The van der Waals surface area contributed by atoms with Crippen molar-refractivity contribution in [2.24, 2.45) is 0 Å². The molecule has 3 nitrogen and oxygen atoms in total. The van der Waals surface area contributed by atoms with E-state index in [1.165, 1.54) is 18.4 Å². The molecule has 16 heavy (non-hydrogen) atoms. The Morgan fingerprint density at radius 2 is 1.94 bits per heavy atom. The Morgan fingerprint density at radius 3 is 2.62 bits per heavy atom. The van der Waals surface area contributed by atoms with Gasteiger partial charge in [0.25, 0.3) is 0 Å². The van der Waals surface area contributed by atoms with Gasteiger partial charge in [-0.05, 0) is 44.0 Å². The largest absolute Gasteiger partial charge is 0.486 e. The molecule has 2 aliphatic rings. The van der Waals surface area contributed by atoms with Crippen LogP contribution in [0.5, 0.6) is 11.5 Å². The Labute approximate surface area is 95.8 Å². The van der Waals surface area contributed by atoms with Gasteiger partial charge in [0.2, 0.25) is 0 Å². The molecule has 0 unspecified atom stereocenters. The molecule has 0 bridgehead atoms. The molecule has 3 heteroatoms. The maximum atomic E-state index is 5.59. The molecular weight excluding hydrogens is 202 g/mol. The first-order valence-corrected chi connectivity index (χ1v) is 5.89. The van der Waals surface area contributed by atoms with E-state index in [0.717, 1.165) is 17.9 Å². The van der Waals surface area contributed by atoms with Crippen molar-refractivity contribution in [3.8, 4) is 11.5 Å². The molecule has 0 atom stereocenters. The van der Waals surface area contributed by atoms with Crippen LogP contribution in [0.15, 0.2) is 18.2 Å². The molecule has 1 aromatic rings. The van der Waals surface area contributed by atoms with Gasteiger partial charge in [0.15, 0.2) is 11.5 Å². The first-order chi connectivity index (χ1) is 7.81. The molecule has 0 radical (unpaired) electrons. The Hall–Kier alpha value is -1.22. The van der Waals surface area contributed by atoms with Crippen LogP contribution in [-0.4, -0.2) is 25.8 Å². The molecule has 1 aromatic carbocycles. The average Bonchev–Trinajstić information content (AvgIpc) is 3.09. The van der Waals surface area contributed by atoms with Crippen LogP contribution in [0.4, 0.5) is 0 Å². The molecule has 1 saturated carbocycles. The van der Waals surface area contributed by atoms with Crippen LogP contribution in [0.3, 0.4) is 0 Å². The van der Waals surface area contributed by atoms with E-state index >= 15 is 0 Å². The van der Waals surface area contributed by atoms with Gasteiger partial charge in [-0.15, -0.1) is 0 Å². The fourth-order valence-corrected chi connectivity index (χ4v) is 2.25. The third-order valence-corrected chi connectivity index (χ3v) is 3.53. The first-order valence-electron chi connectivity index (χ1n) is 5.89. The fraction of sp³-hybridized carbons (Fsp3) is 0.538. The predicted octanol–water partition coefficient (Wildman–Crippen LogP) is 1.75. The van der Waals surface area contributed by atoms with Crippen LogP contribution in [0.25, 0.3) is 0 Å². The summed E-state index contributed by atoms with van der Waals surface area (Å²) in [6.45, 7) is 1.32. The Balaban J connectivity index is 1.80. The summed E-state index contributed by atoms with van der Waals surface area (Å²) in [5, 5.41) is 3.41. The summed E-state index contributed by atoms with van der Waals surface area (Å²) < 4.78 is 11.1. The van der Waals surface area contributed by atoms with Gasteiger partial charge >= 0.3 is 0 Å². The molecule has 1 fully saturated rings. The average molecular weight is 219 g/mol. The minimum absolute atomic E-state index is 0.351. The van der Waals surface area contributed by atoms with Gasteiger partial charge in [-0.2, -0.15) is 0 Å². The zero-order valence-electron chi connectivity index (χ0n) is 9.58. The van der Waals surface area contributed by atoms with E-state index in [2.05, 4.69) is 17.4 Å². The van der Waals surface area contributed by atoms with Gasteiger partial charge in [0.1, 0.15) is 13.2 Å². The smallest absolute Gasteiger partial charge is 0.161 e. The minimum Gasteiger partial charge on any atom is -0.486 e. The van der Waals surface area contributed by atoms with Gasteiger partial charge in [0, 0.05) is 5.54 Å². The second-order valence-corrected chi connectivity index (χ2v) is 4.69. The highest BCUT2D eigenvalue weighted by atomic mass is 16.6. The summed E-state index contributed by atoms with van der Waals surface area (Å²) in [5.41, 5.74) is 1.68. The van der Waals surface area contributed by atoms with Gasteiger partial charge in [-0.25, -0.2) is 0 Å². The van der Waals surface area contributed by atoms with Crippen molar-refractivity contribution in [3.05, 3.63) is 23.8 Å². The molecule has 1 aliphatic heterocycles. The van der Waals surface area contributed by atoms with Crippen LogP contribution >= 0.6 is 0 Å². The van der Waals surface area contributed by atoms with Crippen molar-refractivity contribution < 1.29 is 9.47 Å². The summed E-state index contributed by atoms with van der Waals surface area (Å²) >= 11 is 0. The topological polar surface area (TPSA) is 30.5 Å². The number of rotatable bonds is 3. The number of hydrogen-bond acceptors (Lipinski definition) is 3. The maximum absolute atomic E-state index is 5.59. The van der Waals surface area contributed by atoms with Crippen LogP contribution in [-0.2, 0) is 6.42 Å². The van der Waals surface area contributed by atoms with Crippen LogP contribution in [0, 0.1) is 0 Å². The lowest BCUT2D eigenvalue weighted by molar-refractivity contribution is 0.171. The lowest BCUT2D eigenvalue weighted by Crippen LogP contribution is -2.29. The Morgan fingerprint density at radius 1 is 1.19 bits per heavy atom. The van der Waals surface area contributed by atoms with Gasteiger partial charge < -0.3 is 14.8 Å². The Kier molecular flexibility index (Phi) is 2.28. The molecule has 0 spiro atoms. The third kappa shape index (κ3) is 1.76. The normalized spacial score (nSPS) is 20.6. The van der Waals surface area contributed by atoms with Crippen molar-refractivity contribution in [2.45, 2.75) is 24.8 Å². The first kappa shape index (κ1) is 9.97. The van der Waals surface area contributed by atoms with Gasteiger partial charge in [-0.1, -0.05) is 6.07 Å². The zero-order valence-corrected chi connectivity index (χ0v) is 9.58. The molecule has 1 N–H and O–H groups in total. The molecule has 3 rings (SSSR count). The summed E-state index contributed by atoms with van der Waals surface area (Å²) in [4.78, 5) is 0. The number of nitrogens with one attached hydrogen (secondary N) is 1. The lowest BCUT2D eigenvalue weighted by Gasteiger charge is -2.20. The summed E-state index contributed by atoms with van der Waals surface area (Å²) in [5.74, 6) is 1.78. The van der Waals surface area contributed by atoms with E-state index in [1.54, 1.807) is 0 Å². The Bertz CT molecular complexity index is 399. The van der Waals surface area contributed by atoms with E-state index in [9.17, 15) is 0 Å². The van der Waals surface area contributed by atoms with Crippen LogP contribution in [0.1, 0.15) is 18.4 Å². The molecule has 86 valence electrons. The summed E-state index contributed by atoms with van der Waals surface area (Å²) in [6, 6.07) is 6.28.